The van der Waals surface area contributed by atoms with E-state index in [1.807, 2.05) is 36.4 Å². The number of aromatic nitrogens is 1. The Labute approximate surface area is 115 Å². The van der Waals surface area contributed by atoms with Gasteiger partial charge in [0.15, 0.2) is 0 Å². The van der Waals surface area contributed by atoms with Crippen molar-refractivity contribution in [3.05, 3.63) is 71.8 Å². The lowest BCUT2D eigenvalue weighted by atomic mass is 10.2. The number of pyridine rings is 1. The summed E-state index contributed by atoms with van der Waals surface area (Å²) >= 11 is 0. The van der Waals surface area contributed by atoms with Gasteiger partial charge in [-0.1, -0.05) is 18.2 Å². The van der Waals surface area contributed by atoms with Crippen molar-refractivity contribution in [2.45, 2.75) is 6.54 Å². The van der Waals surface area contributed by atoms with Crippen LogP contribution in [0, 0.1) is 11.6 Å². The summed E-state index contributed by atoms with van der Waals surface area (Å²) in [5, 5.41) is 4.04. The van der Waals surface area contributed by atoms with Gasteiger partial charge in [-0.3, -0.25) is 0 Å². The highest BCUT2D eigenvalue weighted by atomic mass is 19.1. The molecule has 0 spiro atoms. The summed E-state index contributed by atoms with van der Waals surface area (Å²) in [5.41, 5.74) is 1.14. The van der Waals surface area contributed by atoms with Gasteiger partial charge < -0.3 is 5.32 Å². The molecule has 0 aliphatic heterocycles. The number of para-hydroxylation sites is 1. The molecule has 1 aromatic heterocycles. The first-order valence-corrected chi connectivity index (χ1v) is 6.26. The second kappa shape index (κ2) is 5.25. The molecule has 0 atom stereocenters. The molecule has 20 heavy (non-hydrogen) atoms. The van der Waals surface area contributed by atoms with Crippen LogP contribution in [0.1, 0.15) is 5.56 Å². The Balaban J connectivity index is 1.81. The molecule has 2 nitrogen and oxygen atoms in total. The molecule has 0 fully saturated rings. The minimum atomic E-state index is -0.449. The van der Waals surface area contributed by atoms with E-state index in [0.717, 1.165) is 23.0 Å². The lowest BCUT2D eigenvalue weighted by molar-refractivity contribution is 0.587. The summed E-state index contributed by atoms with van der Waals surface area (Å²) in [6, 6.07) is 14.9. The molecule has 0 saturated carbocycles. The molecular weight excluding hydrogens is 258 g/mol. The highest BCUT2D eigenvalue weighted by molar-refractivity contribution is 5.80. The zero-order chi connectivity index (χ0) is 13.9. The number of halogens is 2. The number of hydrogen-bond acceptors (Lipinski definition) is 2. The minimum Gasteiger partial charge on any atom is -0.366 e. The molecule has 0 aliphatic carbocycles. The fourth-order valence-electron chi connectivity index (χ4n) is 2.03. The van der Waals surface area contributed by atoms with Crippen LogP contribution in [-0.2, 0) is 6.54 Å². The normalized spacial score (nSPS) is 10.7. The van der Waals surface area contributed by atoms with E-state index in [1.54, 1.807) is 0 Å². The Morgan fingerprint density at radius 1 is 0.950 bits per heavy atom. The zero-order valence-corrected chi connectivity index (χ0v) is 10.6. The molecule has 0 amide bonds. The molecule has 3 aromatic rings. The van der Waals surface area contributed by atoms with Gasteiger partial charge in [0.05, 0.1) is 5.52 Å². The van der Waals surface area contributed by atoms with Gasteiger partial charge in [-0.05, 0) is 36.4 Å². The van der Waals surface area contributed by atoms with Crippen LogP contribution in [0.2, 0.25) is 0 Å². The minimum absolute atomic E-state index is 0.189. The van der Waals surface area contributed by atoms with E-state index in [4.69, 9.17) is 0 Å². The van der Waals surface area contributed by atoms with E-state index in [2.05, 4.69) is 10.3 Å². The zero-order valence-electron chi connectivity index (χ0n) is 10.6. The standard InChI is InChI=1S/C16H12F2N2/c17-13-6-7-14(18)12(9-13)10-19-16-8-5-11-3-1-2-4-15(11)20-16/h1-9H,10H2,(H,19,20). The van der Waals surface area contributed by atoms with Crippen molar-refractivity contribution < 1.29 is 8.78 Å². The Hall–Kier alpha value is -2.49. The van der Waals surface area contributed by atoms with Gasteiger partial charge in [-0.15, -0.1) is 0 Å². The van der Waals surface area contributed by atoms with Gasteiger partial charge in [0.1, 0.15) is 17.5 Å². The van der Waals surface area contributed by atoms with Gasteiger partial charge in [-0.2, -0.15) is 0 Å². The fourth-order valence-corrected chi connectivity index (χ4v) is 2.03. The van der Waals surface area contributed by atoms with E-state index >= 15 is 0 Å². The number of benzene rings is 2. The molecule has 0 unspecified atom stereocenters. The van der Waals surface area contributed by atoms with Crippen LogP contribution in [0.25, 0.3) is 10.9 Å². The Morgan fingerprint density at radius 3 is 2.70 bits per heavy atom. The van der Waals surface area contributed by atoms with E-state index in [0.29, 0.717) is 5.82 Å². The number of fused-ring (bicyclic) bond motifs is 1. The first-order valence-electron chi connectivity index (χ1n) is 6.26. The van der Waals surface area contributed by atoms with E-state index in [9.17, 15) is 8.78 Å². The molecular formula is C16H12F2N2. The number of hydrogen-bond donors (Lipinski definition) is 1. The van der Waals surface area contributed by atoms with E-state index in [1.165, 1.54) is 6.07 Å². The summed E-state index contributed by atoms with van der Waals surface area (Å²) in [6.45, 7) is 0.189. The Morgan fingerprint density at radius 2 is 1.80 bits per heavy atom. The van der Waals surface area contributed by atoms with Gasteiger partial charge in [0.2, 0.25) is 0 Å². The Bertz CT molecular complexity index is 756. The summed E-state index contributed by atoms with van der Waals surface area (Å²) < 4.78 is 26.6. The average Bonchev–Trinajstić information content (AvgIpc) is 2.48. The number of nitrogens with zero attached hydrogens (tertiary/aromatic N) is 1. The highest BCUT2D eigenvalue weighted by Gasteiger charge is 2.04. The Kier molecular flexibility index (Phi) is 3.29. The molecule has 2 aromatic carbocycles. The highest BCUT2D eigenvalue weighted by Crippen LogP contribution is 2.16. The van der Waals surface area contributed by atoms with Crippen molar-refractivity contribution in [3.8, 4) is 0 Å². The summed E-state index contributed by atoms with van der Waals surface area (Å²) in [5.74, 6) is -0.248. The largest absolute Gasteiger partial charge is 0.366 e. The van der Waals surface area contributed by atoms with E-state index in [-0.39, 0.29) is 12.1 Å². The predicted molar refractivity (Wildman–Crippen MR) is 75.4 cm³/mol. The monoisotopic (exact) mass is 270 g/mol. The lowest BCUT2D eigenvalue weighted by Gasteiger charge is -2.08. The fraction of sp³-hybridized carbons (Fsp3) is 0.0625. The summed E-state index contributed by atoms with van der Waals surface area (Å²) in [6.07, 6.45) is 0. The molecule has 0 saturated heterocycles. The van der Waals surface area contributed by atoms with E-state index < -0.39 is 11.6 Å². The molecule has 0 radical (unpaired) electrons. The third kappa shape index (κ3) is 2.59. The molecule has 100 valence electrons. The van der Waals surface area contributed by atoms with Crippen LogP contribution in [0.5, 0.6) is 0 Å². The molecule has 1 heterocycles. The molecule has 0 bridgehead atoms. The average molecular weight is 270 g/mol. The van der Waals surface area contributed by atoms with Crippen LogP contribution in [0.4, 0.5) is 14.6 Å². The first kappa shape index (κ1) is 12.5. The molecule has 3 rings (SSSR count). The number of rotatable bonds is 3. The van der Waals surface area contributed by atoms with Gasteiger partial charge in [-0.25, -0.2) is 13.8 Å². The quantitative estimate of drug-likeness (QED) is 0.774. The topological polar surface area (TPSA) is 24.9 Å². The summed E-state index contributed by atoms with van der Waals surface area (Å²) in [4.78, 5) is 4.42. The van der Waals surface area contributed by atoms with Crippen molar-refractivity contribution in [2.24, 2.45) is 0 Å². The van der Waals surface area contributed by atoms with Crippen LogP contribution < -0.4 is 5.32 Å². The van der Waals surface area contributed by atoms with Crippen LogP contribution in [0.15, 0.2) is 54.6 Å². The smallest absolute Gasteiger partial charge is 0.128 e. The SMILES string of the molecule is Fc1ccc(F)c(CNc2ccc3ccccc3n2)c1. The van der Waals surface area contributed by atoms with Crippen molar-refractivity contribution in [3.63, 3.8) is 0 Å². The maximum absolute atomic E-state index is 13.5. The van der Waals surface area contributed by atoms with Crippen molar-refractivity contribution >= 4 is 16.7 Å². The second-order valence-electron chi connectivity index (χ2n) is 4.48. The third-order valence-corrected chi connectivity index (χ3v) is 3.07. The second-order valence-corrected chi connectivity index (χ2v) is 4.48. The summed E-state index contributed by atoms with van der Waals surface area (Å²) in [7, 11) is 0. The van der Waals surface area contributed by atoms with Crippen molar-refractivity contribution in [1.29, 1.82) is 0 Å². The van der Waals surface area contributed by atoms with Crippen molar-refractivity contribution in [2.75, 3.05) is 5.32 Å². The van der Waals surface area contributed by atoms with Gasteiger partial charge in [0.25, 0.3) is 0 Å². The molecule has 1 N–H and O–H groups in total. The molecule has 4 heteroatoms. The number of anilines is 1. The molecule has 0 aliphatic rings. The van der Waals surface area contributed by atoms with Crippen LogP contribution in [0.3, 0.4) is 0 Å². The maximum atomic E-state index is 13.5. The third-order valence-electron chi connectivity index (χ3n) is 3.07. The first-order chi connectivity index (χ1) is 9.72. The van der Waals surface area contributed by atoms with Crippen LogP contribution >= 0.6 is 0 Å². The van der Waals surface area contributed by atoms with Gasteiger partial charge >= 0.3 is 0 Å². The van der Waals surface area contributed by atoms with Crippen molar-refractivity contribution in [1.82, 2.24) is 4.98 Å². The van der Waals surface area contributed by atoms with Gasteiger partial charge in [0, 0.05) is 17.5 Å². The lowest BCUT2D eigenvalue weighted by Crippen LogP contribution is -2.03. The number of nitrogens with one attached hydrogen (secondary N) is 1. The van der Waals surface area contributed by atoms with Crippen LogP contribution in [-0.4, -0.2) is 4.98 Å². The maximum Gasteiger partial charge on any atom is 0.128 e. The predicted octanol–water partition coefficient (Wildman–Crippen LogP) is 4.13.